The summed E-state index contributed by atoms with van der Waals surface area (Å²) in [6.07, 6.45) is 0.903. The van der Waals surface area contributed by atoms with Gasteiger partial charge in [-0.3, -0.25) is 0 Å². The number of rotatable bonds is 3. The van der Waals surface area contributed by atoms with Crippen molar-refractivity contribution < 1.29 is 9.53 Å². The van der Waals surface area contributed by atoms with Crippen molar-refractivity contribution >= 4 is 17.6 Å². The molecule has 2 amide bonds. The number of urea groups is 1. The van der Waals surface area contributed by atoms with Crippen LogP contribution in [0.25, 0.3) is 0 Å². The smallest absolute Gasteiger partial charge is 0.317 e. The van der Waals surface area contributed by atoms with Crippen molar-refractivity contribution in [1.82, 2.24) is 10.2 Å². The molecule has 1 aliphatic heterocycles. The van der Waals surface area contributed by atoms with Gasteiger partial charge in [-0.25, -0.2) is 4.79 Å². The summed E-state index contributed by atoms with van der Waals surface area (Å²) in [5.41, 5.74) is 0. The minimum absolute atomic E-state index is 0.0730. The highest BCUT2D eigenvalue weighted by Crippen LogP contribution is 2.03. The molecule has 1 fully saturated rings. The molecule has 1 heterocycles. The van der Waals surface area contributed by atoms with E-state index in [9.17, 15) is 4.79 Å². The lowest BCUT2D eigenvalue weighted by Crippen LogP contribution is -2.43. The number of carbonyl (C=O) groups is 1. The van der Waals surface area contributed by atoms with E-state index in [-0.39, 0.29) is 12.1 Å². The van der Waals surface area contributed by atoms with Gasteiger partial charge in [0, 0.05) is 26.1 Å². The van der Waals surface area contributed by atoms with Gasteiger partial charge >= 0.3 is 6.03 Å². The fourth-order valence-corrected chi connectivity index (χ4v) is 1.42. The van der Waals surface area contributed by atoms with Crippen LogP contribution < -0.4 is 5.32 Å². The van der Waals surface area contributed by atoms with E-state index in [1.54, 1.807) is 11.9 Å². The molecule has 4 nitrogen and oxygen atoms in total. The van der Waals surface area contributed by atoms with Crippen LogP contribution in [0.2, 0.25) is 0 Å². The molecule has 0 aromatic carbocycles. The Morgan fingerprint density at radius 3 is 3.08 bits per heavy atom. The molecular formula is C8H15ClN2O2. The van der Waals surface area contributed by atoms with Crippen molar-refractivity contribution in [3.8, 4) is 0 Å². The zero-order valence-electron chi connectivity index (χ0n) is 7.75. The third-order valence-corrected chi connectivity index (χ3v) is 2.19. The summed E-state index contributed by atoms with van der Waals surface area (Å²) in [5.74, 6) is 0.463. The molecule has 0 aromatic heterocycles. The van der Waals surface area contributed by atoms with Crippen molar-refractivity contribution in [3.05, 3.63) is 0 Å². The number of amides is 2. The van der Waals surface area contributed by atoms with E-state index in [0.29, 0.717) is 19.0 Å². The first-order valence-electron chi connectivity index (χ1n) is 4.39. The molecule has 1 saturated heterocycles. The zero-order valence-corrected chi connectivity index (χ0v) is 8.51. The van der Waals surface area contributed by atoms with Crippen molar-refractivity contribution in [2.24, 2.45) is 0 Å². The summed E-state index contributed by atoms with van der Waals surface area (Å²) >= 11 is 5.51. The van der Waals surface area contributed by atoms with Crippen LogP contribution in [-0.2, 0) is 4.74 Å². The number of halogens is 1. The number of ether oxygens (including phenoxy) is 1. The van der Waals surface area contributed by atoms with Crippen LogP contribution >= 0.6 is 11.6 Å². The molecule has 0 spiro atoms. The third-order valence-electron chi connectivity index (χ3n) is 2.02. The second-order valence-electron chi connectivity index (χ2n) is 3.12. The zero-order chi connectivity index (χ0) is 9.68. The normalized spacial score (nSPS) is 21.5. The summed E-state index contributed by atoms with van der Waals surface area (Å²) in [6.45, 7) is 1.94. The first-order valence-corrected chi connectivity index (χ1v) is 4.93. The van der Waals surface area contributed by atoms with Gasteiger partial charge < -0.3 is 15.0 Å². The molecule has 0 bridgehead atoms. The number of nitrogens with zero attached hydrogens (tertiary/aromatic N) is 1. The monoisotopic (exact) mass is 206 g/mol. The Kier molecular flexibility index (Phi) is 4.32. The molecule has 1 unspecified atom stereocenters. The average molecular weight is 207 g/mol. The van der Waals surface area contributed by atoms with E-state index in [0.717, 1.165) is 13.0 Å². The van der Waals surface area contributed by atoms with E-state index < -0.39 is 0 Å². The first kappa shape index (κ1) is 10.6. The molecule has 1 atom stereocenters. The minimum atomic E-state index is -0.0730. The highest BCUT2D eigenvalue weighted by atomic mass is 35.5. The maximum absolute atomic E-state index is 11.4. The van der Waals surface area contributed by atoms with Gasteiger partial charge in [-0.05, 0) is 6.42 Å². The van der Waals surface area contributed by atoms with Gasteiger partial charge in [-0.15, -0.1) is 11.6 Å². The Bertz CT molecular complexity index is 172. The van der Waals surface area contributed by atoms with E-state index in [4.69, 9.17) is 16.3 Å². The standard InChI is InChI=1S/C8H15ClN2O2/c1-11(4-3-9)8(12)10-7-2-5-13-6-7/h7H,2-6H2,1H3,(H,10,12). The third kappa shape index (κ3) is 3.40. The van der Waals surface area contributed by atoms with Crippen LogP contribution in [0, 0.1) is 0 Å². The number of hydrogen-bond acceptors (Lipinski definition) is 2. The maximum Gasteiger partial charge on any atom is 0.317 e. The molecule has 13 heavy (non-hydrogen) atoms. The van der Waals surface area contributed by atoms with E-state index >= 15 is 0 Å². The summed E-state index contributed by atoms with van der Waals surface area (Å²) < 4.78 is 5.14. The Morgan fingerprint density at radius 1 is 1.77 bits per heavy atom. The van der Waals surface area contributed by atoms with Crippen LogP contribution in [0.5, 0.6) is 0 Å². The Balaban J connectivity index is 2.22. The number of hydrogen-bond donors (Lipinski definition) is 1. The van der Waals surface area contributed by atoms with Gasteiger partial charge in [-0.2, -0.15) is 0 Å². The van der Waals surface area contributed by atoms with Gasteiger partial charge in [0.05, 0.1) is 12.6 Å². The molecule has 1 aliphatic rings. The van der Waals surface area contributed by atoms with Gasteiger partial charge in [0.1, 0.15) is 0 Å². The van der Waals surface area contributed by atoms with E-state index in [1.165, 1.54) is 0 Å². The van der Waals surface area contributed by atoms with Crippen molar-refractivity contribution in [2.75, 3.05) is 32.7 Å². The number of alkyl halides is 1. The van der Waals surface area contributed by atoms with Crippen LogP contribution in [0.1, 0.15) is 6.42 Å². The molecule has 5 heteroatoms. The Labute approximate surface area is 83.2 Å². The van der Waals surface area contributed by atoms with Crippen LogP contribution in [0.15, 0.2) is 0 Å². The second kappa shape index (κ2) is 5.29. The van der Waals surface area contributed by atoms with E-state index in [2.05, 4.69) is 5.32 Å². The lowest BCUT2D eigenvalue weighted by atomic mass is 10.3. The van der Waals surface area contributed by atoms with Crippen molar-refractivity contribution in [2.45, 2.75) is 12.5 Å². The number of nitrogens with one attached hydrogen (secondary N) is 1. The largest absolute Gasteiger partial charge is 0.379 e. The SMILES string of the molecule is CN(CCCl)C(=O)NC1CCOC1. The fraction of sp³-hybridized carbons (Fsp3) is 0.875. The fourth-order valence-electron chi connectivity index (χ4n) is 1.16. The molecule has 1 rings (SSSR count). The lowest BCUT2D eigenvalue weighted by Gasteiger charge is -2.19. The quantitative estimate of drug-likeness (QED) is 0.690. The summed E-state index contributed by atoms with van der Waals surface area (Å²) in [4.78, 5) is 13.0. The number of carbonyl (C=O) groups excluding carboxylic acids is 1. The molecular weight excluding hydrogens is 192 g/mol. The van der Waals surface area contributed by atoms with Crippen LogP contribution in [0.4, 0.5) is 4.79 Å². The van der Waals surface area contributed by atoms with Crippen molar-refractivity contribution in [3.63, 3.8) is 0 Å². The summed E-state index contributed by atoms with van der Waals surface area (Å²) in [7, 11) is 1.73. The average Bonchev–Trinajstić information content (AvgIpc) is 2.57. The van der Waals surface area contributed by atoms with Gasteiger partial charge in [0.25, 0.3) is 0 Å². The predicted molar refractivity (Wildman–Crippen MR) is 51.1 cm³/mol. The summed E-state index contributed by atoms with van der Waals surface area (Å²) in [6, 6.07) is 0.0985. The van der Waals surface area contributed by atoms with Gasteiger partial charge in [0.2, 0.25) is 0 Å². The molecule has 0 saturated carbocycles. The molecule has 0 aromatic rings. The molecule has 0 aliphatic carbocycles. The van der Waals surface area contributed by atoms with Crippen LogP contribution in [0.3, 0.4) is 0 Å². The highest BCUT2D eigenvalue weighted by Gasteiger charge is 2.19. The van der Waals surface area contributed by atoms with Gasteiger partial charge in [0.15, 0.2) is 0 Å². The molecule has 76 valence electrons. The van der Waals surface area contributed by atoms with Crippen molar-refractivity contribution in [1.29, 1.82) is 0 Å². The van der Waals surface area contributed by atoms with E-state index in [1.807, 2.05) is 0 Å². The topological polar surface area (TPSA) is 41.6 Å². The molecule has 1 N–H and O–H groups in total. The molecule has 0 radical (unpaired) electrons. The second-order valence-corrected chi connectivity index (χ2v) is 3.50. The van der Waals surface area contributed by atoms with Gasteiger partial charge in [-0.1, -0.05) is 0 Å². The first-order chi connectivity index (χ1) is 6.24. The maximum atomic E-state index is 11.4. The van der Waals surface area contributed by atoms with Crippen LogP contribution in [-0.4, -0.2) is 49.7 Å². The Morgan fingerprint density at radius 2 is 2.54 bits per heavy atom. The Hall–Kier alpha value is -0.480. The minimum Gasteiger partial charge on any atom is -0.379 e. The lowest BCUT2D eigenvalue weighted by molar-refractivity contribution is 0.183. The summed E-state index contributed by atoms with van der Waals surface area (Å²) in [5, 5.41) is 2.87. The predicted octanol–water partition coefficient (Wildman–Crippen LogP) is 0.655. The highest BCUT2D eigenvalue weighted by molar-refractivity contribution is 6.18.